The summed E-state index contributed by atoms with van der Waals surface area (Å²) in [7, 11) is 1.67. The second kappa shape index (κ2) is 7.65. The fourth-order valence-electron chi connectivity index (χ4n) is 2.30. The van der Waals surface area contributed by atoms with Crippen LogP contribution < -0.4 is 10.1 Å². The second-order valence-electron chi connectivity index (χ2n) is 4.80. The molecule has 0 saturated carbocycles. The lowest BCUT2D eigenvalue weighted by atomic mass is 9.99. The van der Waals surface area contributed by atoms with Crippen molar-refractivity contribution in [1.82, 2.24) is 10.3 Å². The van der Waals surface area contributed by atoms with Gasteiger partial charge in [0.1, 0.15) is 0 Å². The first-order valence-corrected chi connectivity index (χ1v) is 7.11. The Labute approximate surface area is 121 Å². The molecular weight excluding hydrogens is 248 g/mol. The monoisotopic (exact) mass is 270 g/mol. The average Bonchev–Trinajstić information content (AvgIpc) is 2.52. The molecule has 0 spiro atoms. The predicted octanol–water partition coefficient (Wildman–Crippen LogP) is 3.37. The maximum Gasteiger partial charge on any atom is 0.217 e. The molecule has 0 radical (unpaired) electrons. The minimum absolute atomic E-state index is 0.223. The van der Waals surface area contributed by atoms with Crippen molar-refractivity contribution in [1.29, 1.82) is 0 Å². The van der Waals surface area contributed by atoms with Crippen LogP contribution in [0.15, 0.2) is 48.7 Å². The molecule has 1 unspecified atom stereocenters. The van der Waals surface area contributed by atoms with Crippen LogP contribution >= 0.6 is 0 Å². The summed E-state index contributed by atoms with van der Waals surface area (Å²) in [4.78, 5) is 4.31. The van der Waals surface area contributed by atoms with Gasteiger partial charge in [-0.2, -0.15) is 0 Å². The maximum atomic E-state index is 5.39. The van der Waals surface area contributed by atoms with Gasteiger partial charge >= 0.3 is 0 Å². The largest absolute Gasteiger partial charge is 0.481 e. The molecule has 1 heterocycles. The summed E-state index contributed by atoms with van der Waals surface area (Å²) in [6, 6.07) is 14.8. The molecule has 0 fully saturated rings. The summed E-state index contributed by atoms with van der Waals surface area (Å²) < 4.78 is 5.39. The van der Waals surface area contributed by atoms with Crippen molar-refractivity contribution in [2.45, 2.75) is 25.8 Å². The number of hydrogen-bond donors (Lipinski definition) is 1. The number of hydrogen-bond acceptors (Lipinski definition) is 3. The quantitative estimate of drug-likeness (QED) is 0.837. The topological polar surface area (TPSA) is 34.2 Å². The van der Waals surface area contributed by atoms with Crippen LogP contribution in [-0.2, 0) is 6.42 Å². The highest BCUT2D eigenvalue weighted by Crippen LogP contribution is 2.25. The summed E-state index contributed by atoms with van der Waals surface area (Å²) in [5.41, 5.74) is 2.43. The van der Waals surface area contributed by atoms with Crippen molar-refractivity contribution in [3.8, 4) is 5.88 Å². The van der Waals surface area contributed by atoms with Crippen LogP contribution in [0.4, 0.5) is 0 Å². The lowest BCUT2D eigenvalue weighted by Crippen LogP contribution is -2.24. The first-order chi connectivity index (χ1) is 9.85. The normalized spacial score (nSPS) is 12.1. The lowest BCUT2D eigenvalue weighted by Gasteiger charge is -2.20. The molecule has 0 bridgehead atoms. The van der Waals surface area contributed by atoms with E-state index in [9.17, 15) is 0 Å². The van der Waals surface area contributed by atoms with Crippen LogP contribution in [0.5, 0.6) is 5.88 Å². The second-order valence-corrected chi connectivity index (χ2v) is 4.80. The smallest absolute Gasteiger partial charge is 0.217 e. The standard InChI is InChI=1S/C17H22N2O/c1-3-11-18-16(13-14-8-5-4-6-9-14)15-10-7-12-19-17(15)20-2/h4-10,12,16,18H,3,11,13H2,1-2H3. The van der Waals surface area contributed by atoms with Gasteiger partial charge in [-0.05, 0) is 31.0 Å². The van der Waals surface area contributed by atoms with Crippen LogP contribution in [0.25, 0.3) is 0 Å². The fourth-order valence-corrected chi connectivity index (χ4v) is 2.30. The van der Waals surface area contributed by atoms with E-state index in [4.69, 9.17) is 4.74 Å². The van der Waals surface area contributed by atoms with Crippen LogP contribution in [0, 0.1) is 0 Å². The molecule has 2 rings (SSSR count). The molecule has 1 aromatic carbocycles. The van der Waals surface area contributed by atoms with Crippen molar-refractivity contribution in [3.05, 3.63) is 59.8 Å². The third kappa shape index (κ3) is 3.81. The molecule has 106 valence electrons. The van der Waals surface area contributed by atoms with E-state index in [1.54, 1.807) is 13.3 Å². The van der Waals surface area contributed by atoms with Gasteiger partial charge in [0.2, 0.25) is 5.88 Å². The summed E-state index contributed by atoms with van der Waals surface area (Å²) in [6.07, 6.45) is 3.80. The Balaban J connectivity index is 2.22. The zero-order valence-electron chi connectivity index (χ0n) is 12.2. The molecule has 0 aliphatic heterocycles. The third-order valence-electron chi connectivity index (χ3n) is 3.29. The number of benzene rings is 1. The molecule has 3 nitrogen and oxygen atoms in total. The number of pyridine rings is 1. The van der Waals surface area contributed by atoms with Gasteiger partial charge in [0, 0.05) is 17.8 Å². The van der Waals surface area contributed by atoms with Gasteiger partial charge < -0.3 is 10.1 Å². The van der Waals surface area contributed by atoms with Crippen molar-refractivity contribution in [2.75, 3.05) is 13.7 Å². The van der Waals surface area contributed by atoms with Crippen molar-refractivity contribution >= 4 is 0 Å². The number of rotatable bonds is 7. The number of nitrogens with one attached hydrogen (secondary N) is 1. The molecule has 0 amide bonds. The van der Waals surface area contributed by atoms with E-state index in [0.717, 1.165) is 24.9 Å². The maximum absolute atomic E-state index is 5.39. The van der Waals surface area contributed by atoms with Crippen LogP contribution in [0.3, 0.4) is 0 Å². The lowest BCUT2D eigenvalue weighted by molar-refractivity contribution is 0.381. The third-order valence-corrected chi connectivity index (χ3v) is 3.29. The first-order valence-electron chi connectivity index (χ1n) is 7.11. The van der Waals surface area contributed by atoms with E-state index in [2.05, 4.69) is 47.6 Å². The Morgan fingerprint density at radius 2 is 1.95 bits per heavy atom. The SMILES string of the molecule is CCCNC(Cc1ccccc1)c1cccnc1OC. The molecule has 0 aliphatic rings. The predicted molar refractivity (Wildman–Crippen MR) is 82.0 cm³/mol. The number of aromatic nitrogens is 1. The number of methoxy groups -OCH3 is 1. The van der Waals surface area contributed by atoms with E-state index < -0.39 is 0 Å². The van der Waals surface area contributed by atoms with Gasteiger partial charge in [0.05, 0.1) is 7.11 Å². The van der Waals surface area contributed by atoms with Crippen LogP contribution in [0.1, 0.15) is 30.5 Å². The Morgan fingerprint density at radius 3 is 2.65 bits per heavy atom. The summed E-state index contributed by atoms with van der Waals surface area (Å²) in [5, 5.41) is 3.59. The van der Waals surface area contributed by atoms with Gasteiger partial charge in [-0.15, -0.1) is 0 Å². The van der Waals surface area contributed by atoms with Gasteiger partial charge in [-0.1, -0.05) is 43.3 Å². The molecule has 1 N–H and O–H groups in total. The molecule has 20 heavy (non-hydrogen) atoms. The summed E-state index contributed by atoms with van der Waals surface area (Å²) >= 11 is 0. The number of nitrogens with zero attached hydrogens (tertiary/aromatic N) is 1. The van der Waals surface area contributed by atoms with Gasteiger partial charge in [0.25, 0.3) is 0 Å². The molecule has 0 aliphatic carbocycles. The Bertz CT molecular complexity index is 513. The van der Waals surface area contributed by atoms with E-state index in [0.29, 0.717) is 5.88 Å². The van der Waals surface area contributed by atoms with E-state index in [-0.39, 0.29) is 6.04 Å². The molecule has 1 atom stereocenters. The first kappa shape index (κ1) is 14.5. The minimum Gasteiger partial charge on any atom is -0.481 e. The zero-order chi connectivity index (χ0) is 14.2. The summed E-state index contributed by atoms with van der Waals surface area (Å²) in [6.45, 7) is 3.16. The number of ether oxygens (including phenoxy) is 1. The Kier molecular flexibility index (Phi) is 5.56. The highest BCUT2D eigenvalue weighted by molar-refractivity contribution is 5.31. The van der Waals surface area contributed by atoms with Crippen LogP contribution in [-0.4, -0.2) is 18.6 Å². The fraction of sp³-hybridized carbons (Fsp3) is 0.353. The van der Waals surface area contributed by atoms with Crippen LogP contribution in [0.2, 0.25) is 0 Å². The van der Waals surface area contributed by atoms with Gasteiger partial charge in [0.15, 0.2) is 0 Å². The molecule has 1 aromatic heterocycles. The molecular formula is C17H22N2O. The van der Waals surface area contributed by atoms with E-state index in [1.807, 2.05) is 12.1 Å². The van der Waals surface area contributed by atoms with Crippen molar-refractivity contribution in [3.63, 3.8) is 0 Å². The van der Waals surface area contributed by atoms with Crippen molar-refractivity contribution in [2.24, 2.45) is 0 Å². The minimum atomic E-state index is 0.223. The molecule has 0 saturated heterocycles. The average molecular weight is 270 g/mol. The highest BCUT2D eigenvalue weighted by Gasteiger charge is 2.16. The molecule has 2 aromatic rings. The van der Waals surface area contributed by atoms with Gasteiger partial charge in [-0.3, -0.25) is 0 Å². The highest BCUT2D eigenvalue weighted by atomic mass is 16.5. The zero-order valence-corrected chi connectivity index (χ0v) is 12.2. The van der Waals surface area contributed by atoms with Gasteiger partial charge in [-0.25, -0.2) is 4.98 Å². The summed E-state index contributed by atoms with van der Waals surface area (Å²) in [5.74, 6) is 0.706. The van der Waals surface area contributed by atoms with E-state index >= 15 is 0 Å². The Morgan fingerprint density at radius 1 is 1.15 bits per heavy atom. The van der Waals surface area contributed by atoms with Crippen molar-refractivity contribution < 1.29 is 4.74 Å². The Hall–Kier alpha value is -1.87. The van der Waals surface area contributed by atoms with E-state index in [1.165, 1.54) is 5.56 Å². The molecule has 3 heteroatoms.